The Morgan fingerprint density at radius 1 is 1.27 bits per heavy atom. The van der Waals surface area contributed by atoms with E-state index in [-0.39, 0.29) is 0 Å². The van der Waals surface area contributed by atoms with Gasteiger partial charge in [-0.2, -0.15) is 0 Å². The van der Waals surface area contributed by atoms with Gasteiger partial charge in [0.05, 0.1) is 26.7 Å². The van der Waals surface area contributed by atoms with Gasteiger partial charge >= 0.3 is 0 Å². The largest absolute Gasteiger partial charge is 0.326 e. The zero-order chi connectivity index (χ0) is 8.48. The van der Waals surface area contributed by atoms with Crippen molar-refractivity contribution in [2.24, 2.45) is 11.8 Å². The van der Waals surface area contributed by atoms with Crippen LogP contribution < -0.4 is 0 Å². The van der Waals surface area contributed by atoms with Crippen LogP contribution in [0.25, 0.3) is 0 Å². The fraction of sp³-hybridized carbons (Fsp3) is 1.00. The van der Waals surface area contributed by atoms with Crippen LogP contribution in [0.3, 0.4) is 0 Å². The maximum absolute atomic E-state index is 2.41. The standard InChI is InChI=1S/C10H22N/c1-5-10-8-11(4,6-2)7-9(10)3/h9-10H,5-8H2,1-4H3/q+1. The van der Waals surface area contributed by atoms with Gasteiger partial charge in [-0.05, 0) is 13.3 Å². The predicted octanol–water partition coefficient (Wildman–Crippen LogP) is 2.13. The first kappa shape index (κ1) is 9.05. The summed E-state index contributed by atoms with van der Waals surface area (Å²) in [6, 6.07) is 0. The Kier molecular flexibility index (Phi) is 2.58. The summed E-state index contributed by atoms with van der Waals surface area (Å²) in [6.45, 7) is 11.2. The highest BCUT2D eigenvalue weighted by Crippen LogP contribution is 2.29. The summed E-state index contributed by atoms with van der Waals surface area (Å²) in [4.78, 5) is 0. The van der Waals surface area contributed by atoms with E-state index in [0.29, 0.717) is 0 Å². The van der Waals surface area contributed by atoms with Crippen molar-refractivity contribution in [3.8, 4) is 0 Å². The molecule has 0 bridgehead atoms. The van der Waals surface area contributed by atoms with Gasteiger partial charge in [-0.1, -0.05) is 13.8 Å². The molecule has 3 atom stereocenters. The summed E-state index contributed by atoms with van der Waals surface area (Å²) < 4.78 is 1.31. The van der Waals surface area contributed by atoms with Crippen LogP contribution in [0.4, 0.5) is 0 Å². The predicted molar refractivity (Wildman–Crippen MR) is 49.4 cm³/mol. The van der Waals surface area contributed by atoms with Crippen LogP contribution >= 0.6 is 0 Å². The van der Waals surface area contributed by atoms with Gasteiger partial charge in [-0.25, -0.2) is 0 Å². The van der Waals surface area contributed by atoms with E-state index < -0.39 is 0 Å². The van der Waals surface area contributed by atoms with Crippen molar-refractivity contribution in [1.82, 2.24) is 0 Å². The van der Waals surface area contributed by atoms with Crippen LogP contribution in [0.2, 0.25) is 0 Å². The Morgan fingerprint density at radius 3 is 2.18 bits per heavy atom. The van der Waals surface area contributed by atoms with E-state index in [1.807, 2.05) is 0 Å². The zero-order valence-corrected chi connectivity index (χ0v) is 8.43. The summed E-state index contributed by atoms with van der Waals surface area (Å²) in [5, 5.41) is 0. The highest BCUT2D eigenvalue weighted by atomic mass is 15.3. The van der Waals surface area contributed by atoms with Crippen molar-refractivity contribution >= 4 is 0 Å². The lowest BCUT2D eigenvalue weighted by Gasteiger charge is -2.28. The van der Waals surface area contributed by atoms with Gasteiger partial charge < -0.3 is 4.48 Å². The molecule has 0 aromatic carbocycles. The lowest BCUT2D eigenvalue weighted by Crippen LogP contribution is -2.41. The van der Waals surface area contributed by atoms with Crippen molar-refractivity contribution in [3.63, 3.8) is 0 Å². The summed E-state index contributed by atoms with van der Waals surface area (Å²) in [6.07, 6.45) is 1.37. The molecule has 0 aromatic rings. The molecule has 0 aromatic heterocycles. The fourth-order valence-electron chi connectivity index (χ4n) is 2.45. The van der Waals surface area contributed by atoms with Gasteiger partial charge in [-0.15, -0.1) is 0 Å². The highest BCUT2D eigenvalue weighted by molar-refractivity contribution is 4.71. The van der Waals surface area contributed by atoms with Crippen LogP contribution in [0, 0.1) is 11.8 Å². The van der Waals surface area contributed by atoms with E-state index in [4.69, 9.17) is 0 Å². The number of likely N-dealkylation sites (tertiary alicyclic amines) is 1. The monoisotopic (exact) mass is 156 g/mol. The average Bonchev–Trinajstić information content (AvgIpc) is 2.27. The molecule has 1 saturated heterocycles. The Balaban J connectivity index is 2.55. The molecular formula is C10H22N+. The van der Waals surface area contributed by atoms with Crippen molar-refractivity contribution in [3.05, 3.63) is 0 Å². The van der Waals surface area contributed by atoms with Crippen molar-refractivity contribution in [1.29, 1.82) is 0 Å². The molecule has 1 fully saturated rings. The van der Waals surface area contributed by atoms with Crippen molar-refractivity contribution in [2.45, 2.75) is 27.2 Å². The minimum atomic E-state index is 0.949. The summed E-state index contributed by atoms with van der Waals surface area (Å²) in [5.41, 5.74) is 0. The third-order valence-electron chi connectivity index (χ3n) is 3.50. The number of rotatable bonds is 2. The Bertz CT molecular complexity index is 133. The van der Waals surface area contributed by atoms with E-state index in [2.05, 4.69) is 27.8 Å². The first-order valence-electron chi connectivity index (χ1n) is 4.95. The SMILES string of the molecule is CCC1C[N+](C)(CC)CC1C. The van der Waals surface area contributed by atoms with Crippen LogP contribution in [0.15, 0.2) is 0 Å². The summed E-state index contributed by atoms with van der Waals surface area (Å²) in [7, 11) is 2.40. The summed E-state index contributed by atoms with van der Waals surface area (Å²) >= 11 is 0. The number of hydrogen-bond donors (Lipinski definition) is 0. The van der Waals surface area contributed by atoms with Gasteiger partial charge in [0.25, 0.3) is 0 Å². The van der Waals surface area contributed by atoms with Crippen molar-refractivity contribution in [2.75, 3.05) is 26.7 Å². The second kappa shape index (κ2) is 3.14. The molecular weight excluding hydrogens is 134 g/mol. The third kappa shape index (κ3) is 1.76. The van der Waals surface area contributed by atoms with E-state index in [1.54, 1.807) is 0 Å². The van der Waals surface area contributed by atoms with Gasteiger partial charge in [0.1, 0.15) is 0 Å². The number of nitrogens with zero attached hydrogens (tertiary/aromatic N) is 1. The van der Waals surface area contributed by atoms with Crippen LogP contribution in [-0.4, -0.2) is 31.2 Å². The summed E-state index contributed by atoms with van der Waals surface area (Å²) in [5.74, 6) is 1.94. The first-order valence-corrected chi connectivity index (χ1v) is 4.95. The smallest absolute Gasteiger partial charge is 0.0817 e. The lowest BCUT2D eigenvalue weighted by atomic mass is 9.96. The second-order valence-corrected chi connectivity index (χ2v) is 4.45. The van der Waals surface area contributed by atoms with Gasteiger partial charge in [0.15, 0.2) is 0 Å². The van der Waals surface area contributed by atoms with Gasteiger partial charge in [-0.3, -0.25) is 0 Å². The number of quaternary nitrogens is 1. The van der Waals surface area contributed by atoms with E-state index in [0.717, 1.165) is 11.8 Å². The molecule has 66 valence electrons. The molecule has 3 unspecified atom stereocenters. The molecule has 1 heteroatoms. The maximum Gasteiger partial charge on any atom is 0.0817 e. The van der Waals surface area contributed by atoms with Crippen LogP contribution in [0.1, 0.15) is 27.2 Å². The van der Waals surface area contributed by atoms with Crippen molar-refractivity contribution < 1.29 is 4.48 Å². The molecule has 1 aliphatic rings. The molecule has 11 heavy (non-hydrogen) atoms. The average molecular weight is 156 g/mol. The molecule has 1 nitrogen and oxygen atoms in total. The van der Waals surface area contributed by atoms with Gasteiger partial charge in [0, 0.05) is 11.8 Å². The molecule has 0 aliphatic carbocycles. The first-order chi connectivity index (χ1) is 5.11. The van der Waals surface area contributed by atoms with Crippen LogP contribution in [-0.2, 0) is 0 Å². The Morgan fingerprint density at radius 2 is 1.91 bits per heavy atom. The maximum atomic E-state index is 2.41. The van der Waals surface area contributed by atoms with Crippen LogP contribution in [0.5, 0.6) is 0 Å². The minimum absolute atomic E-state index is 0.949. The lowest BCUT2D eigenvalue weighted by molar-refractivity contribution is -0.898. The molecule has 1 rings (SSSR count). The molecule has 0 radical (unpaired) electrons. The Hall–Kier alpha value is -0.0400. The van der Waals surface area contributed by atoms with E-state index in [9.17, 15) is 0 Å². The Labute approximate surface area is 71.0 Å². The topological polar surface area (TPSA) is 0 Å². The van der Waals surface area contributed by atoms with E-state index in [1.165, 1.54) is 30.5 Å². The molecule has 1 aliphatic heterocycles. The fourth-order valence-corrected chi connectivity index (χ4v) is 2.45. The quantitative estimate of drug-likeness (QED) is 0.537. The molecule has 1 heterocycles. The highest BCUT2D eigenvalue weighted by Gasteiger charge is 2.37. The molecule has 0 N–H and O–H groups in total. The third-order valence-corrected chi connectivity index (χ3v) is 3.50. The zero-order valence-electron chi connectivity index (χ0n) is 8.43. The molecule has 0 saturated carbocycles. The second-order valence-electron chi connectivity index (χ2n) is 4.45. The molecule has 0 amide bonds. The van der Waals surface area contributed by atoms with E-state index >= 15 is 0 Å². The molecule has 0 spiro atoms. The normalized spacial score (nSPS) is 44.7. The minimum Gasteiger partial charge on any atom is -0.326 e. The number of hydrogen-bond acceptors (Lipinski definition) is 0. The van der Waals surface area contributed by atoms with Gasteiger partial charge in [0.2, 0.25) is 0 Å².